The largest absolute Gasteiger partial charge is 0.314 e. The van der Waals surface area contributed by atoms with Crippen LogP contribution >= 0.6 is 0 Å². The number of likely N-dealkylation sites (N-methyl/N-ethyl adjacent to an activating group) is 1. The second kappa shape index (κ2) is 3.84. The molecule has 0 saturated heterocycles. The lowest BCUT2D eigenvalue weighted by Gasteiger charge is -2.36. The van der Waals surface area contributed by atoms with E-state index < -0.39 is 5.41 Å². The highest BCUT2D eigenvalue weighted by atomic mass is 16.2. The number of hydrogen-bond acceptors (Lipinski definition) is 2. The average molecular weight is 240 g/mol. The third-order valence-electron chi connectivity index (χ3n) is 4.50. The Morgan fingerprint density at radius 1 is 1.39 bits per heavy atom. The Bertz CT molecular complexity index is 546. The Hall–Kier alpha value is -1.82. The number of nitrogens with zero attached hydrogens (tertiary/aromatic N) is 2. The quantitative estimate of drug-likeness (QED) is 0.699. The molecule has 1 heterocycles. The van der Waals surface area contributed by atoms with E-state index in [1.165, 1.54) is 0 Å². The first-order chi connectivity index (χ1) is 8.71. The van der Waals surface area contributed by atoms with Crippen LogP contribution in [0.5, 0.6) is 0 Å². The SMILES string of the molecule is CN1C(=O)[C@@]2(CCCC[C@@H]2C#N)c2ccccc21. The molecule has 0 radical (unpaired) electrons. The predicted octanol–water partition coefficient (Wildman–Crippen LogP) is 2.61. The molecular weight excluding hydrogens is 224 g/mol. The maximum atomic E-state index is 12.7. The van der Waals surface area contributed by atoms with E-state index in [1.807, 2.05) is 31.3 Å². The first-order valence-corrected chi connectivity index (χ1v) is 6.49. The molecule has 1 aromatic carbocycles. The molecular formula is C15H16N2O. The summed E-state index contributed by atoms with van der Waals surface area (Å²) in [6, 6.07) is 10.3. The number of nitriles is 1. The minimum Gasteiger partial charge on any atom is -0.314 e. The molecule has 1 aliphatic heterocycles. The maximum Gasteiger partial charge on any atom is 0.238 e. The minimum atomic E-state index is -0.571. The minimum absolute atomic E-state index is 0.106. The molecule has 18 heavy (non-hydrogen) atoms. The molecule has 3 nitrogen and oxygen atoms in total. The van der Waals surface area contributed by atoms with Gasteiger partial charge in [-0.2, -0.15) is 5.26 Å². The fourth-order valence-corrected chi connectivity index (χ4v) is 3.59. The van der Waals surface area contributed by atoms with E-state index in [2.05, 4.69) is 6.07 Å². The predicted molar refractivity (Wildman–Crippen MR) is 69.1 cm³/mol. The smallest absolute Gasteiger partial charge is 0.238 e. The van der Waals surface area contributed by atoms with Gasteiger partial charge in [0.1, 0.15) is 0 Å². The van der Waals surface area contributed by atoms with Gasteiger partial charge >= 0.3 is 0 Å². The van der Waals surface area contributed by atoms with E-state index >= 15 is 0 Å². The Balaban J connectivity index is 2.22. The van der Waals surface area contributed by atoms with E-state index in [0.717, 1.165) is 36.9 Å². The van der Waals surface area contributed by atoms with Crippen molar-refractivity contribution in [3.63, 3.8) is 0 Å². The standard InChI is InChI=1S/C15H16N2O/c1-17-13-8-3-2-7-12(13)15(14(17)18)9-5-4-6-11(15)10-16/h2-3,7-8,11H,4-6,9H2,1H3/t11-,15-/m1/s1. The van der Waals surface area contributed by atoms with Gasteiger partial charge in [0.2, 0.25) is 5.91 Å². The molecule has 0 aromatic heterocycles. The summed E-state index contributed by atoms with van der Waals surface area (Å²) < 4.78 is 0. The van der Waals surface area contributed by atoms with Crippen molar-refractivity contribution in [1.82, 2.24) is 0 Å². The lowest BCUT2D eigenvalue weighted by atomic mass is 9.63. The summed E-state index contributed by atoms with van der Waals surface area (Å²) in [6.45, 7) is 0. The Morgan fingerprint density at radius 3 is 2.94 bits per heavy atom. The zero-order valence-corrected chi connectivity index (χ0v) is 10.5. The number of carbonyl (C=O) groups is 1. The van der Waals surface area contributed by atoms with Crippen LogP contribution in [0, 0.1) is 17.2 Å². The number of carbonyl (C=O) groups excluding carboxylic acids is 1. The highest BCUT2D eigenvalue weighted by Crippen LogP contribution is 2.52. The average Bonchev–Trinajstić information content (AvgIpc) is 2.64. The van der Waals surface area contributed by atoms with Crippen molar-refractivity contribution >= 4 is 11.6 Å². The van der Waals surface area contributed by atoms with Crippen LogP contribution in [0.4, 0.5) is 5.69 Å². The summed E-state index contributed by atoms with van der Waals surface area (Å²) in [5.74, 6) is -0.0696. The summed E-state index contributed by atoms with van der Waals surface area (Å²) in [5, 5.41) is 9.43. The van der Waals surface area contributed by atoms with Gasteiger partial charge in [0.15, 0.2) is 0 Å². The molecule has 0 N–H and O–H groups in total. The summed E-state index contributed by atoms with van der Waals surface area (Å²) in [5.41, 5.74) is 1.46. The molecule has 1 amide bonds. The van der Waals surface area contributed by atoms with E-state index in [-0.39, 0.29) is 11.8 Å². The van der Waals surface area contributed by atoms with Crippen LogP contribution in [0.25, 0.3) is 0 Å². The third-order valence-corrected chi connectivity index (χ3v) is 4.50. The summed E-state index contributed by atoms with van der Waals surface area (Å²) in [4.78, 5) is 14.4. The number of amides is 1. The molecule has 2 atom stereocenters. The topological polar surface area (TPSA) is 44.1 Å². The molecule has 0 bridgehead atoms. The monoisotopic (exact) mass is 240 g/mol. The zero-order chi connectivity index (χ0) is 12.8. The number of anilines is 1. The zero-order valence-electron chi connectivity index (χ0n) is 10.5. The lowest BCUT2D eigenvalue weighted by molar-refractivity contribution is -0.125. The number of benzene rings is 1. The second-order valence-corrected chi connectivity index (χ2v) is 5.28. The van der Waals surface area contributed by atoms with Gasteiger partial charge in [0.25, 0.3) is 0 Å². The number of fused-ring (bicyclic) bond motifs is 2. The summed E-state index contributed by atoms with van der Waals surface area (Å²) in [7, 11) is 1.82. The highest BCUT2D eigenvalue weighted by molar-refractivity contribution is 6.08. The molecule has 0 unspecified atom stereocenters. The second-order valence-electron chi connectivity index (χ2n) is 5.28. The van der Waals surface area contributed by atoms with Crippen molar-refractivity contribution in [3.05, 3.63) is 29.8 Å². The van der Waals surface area contributed by atoms with Gasteiger partial charge in [-0.25, -0.2) is 0 Å². The van der Waals surface area contributed by atoms with Gasteiger partial charge in [-0.05, 0) is 24.5 Å². The van der Waals surface area contributed by atoms with Crippen molar-refractivity contribution in [2.24, 2.45) is 5.92 Å². The molecule has 2 aliphatic rings. The molecule has 1 spiro atoms. The van der Waals surface area contributed by atoms with Crippen molar-refractivity contribution < 1.29 is 4.79 Å². The normalized spacial score (nSPS) is 30.3. The number of para-hydroxylation sites is 1. The Kier molecular flexibility index (Phi) is 2.41. The maximum absolute atomic E-state index is 12.7. The first kappa shape index (κ1) is 11.3. The van der Waals surface area contributed by atoms with Gasteiger partial charge in [-0.15, -0.1) is 0 Å². The van der Waals surface area contributed by atoms with Crippen LogP contribution < -0.4 is 4.90 Å². The van der Waals surface area contributed by atoms with Gasteiger partial charge < -0.3 is 4.90 Å². The summed E-state index contributed by atoms with van der Waals surface area (Å²) in [6.07, 6.45) is 3.74. The van der Waals surface area contributed by atoms with Crippen LogP contribution in [-0.2, 0) is 10.2 Å². The van der Waals surface area contributed by atoms with Gasteiger partial charge in [-0.1, -0.05) is 31.0 Å². The van der Waals surface area contributed by atoms with Crippen molar-refractivity contribution in [2.45, 2.75) is 31.1 Å². The van der Waals surface area contributed by atoms with Crippen LogP contribution in [0.1, 0.15) is 31.2 Å². The first-order valence-electron chi connectivity index (χ1n) is 6.49. The Labute approximate surface area is 107 Å². The van der Waals surface area contributed by atoms with Crippen molar-refractivity contribution in [1.29, 1.82) is 5.26 Å². The fourth-order valence-electron chi connectivity index (χ4n) is 3.59. The molecule has 1 aromatic rings. The van der Waals surface area contributed by atoms with E-state index in [1.54, 1.807) is 4.90 Å². The molecule has 1 aliphatic carbocycles. The van der Waals surface area contributed by atoms with E-state index in [9.17, 15) is 10.1 Å². The van der Waals surface area contributed by atoms with Crippen LogP contribution in [0.2, 0.25) is 0 Å². The van der Waals surface area contributed by atoms with Gasteiger partial charge in [-0.3, -0.25) is 4.79 Å². The lowest BCUT2D eigenvalue weighted by Crippen LogP contribution is -2.46. The van der Waals surface area contributed by atoms with Crippen molar-refractivity contribution in [3.8, 4) is 6.07 Å². The Morgan fingerprint density at radius 2 is 2.17 bits per heavy atom. The fraction of sp³-hybridized carbons (Fsp3) is 0.467. The van der Waals surface area contributed by atoms with E-state index in [4.69, 9.17) is 0 Å². The van der Waals surface area contributed by atoms with Gasteiger partial charge in [0, 0.05) is 12.7 Å². The van der Waals surface area contributed by atoms with Crippen LogP contribution in [0.3, 0.4) is 0 Å². The molecule has 3 rings (SSSR count). The third kappa shape index (κ3) is 1.21. The highest BCUT2D eigenvalue weighted by Gasteiger charge is 2.55. The summed E-state index contributed by atoms with van der Waals surface area (Å²) >= 11 is 0. The molecule has 92 valence electrons. The number of rotatable bonds is 0. The molecule has 3 heteroatoms. The van der Waals surface area contributed by atoms with Gasteiger partial charge in [0.05, 0.1) is 17.4 Å². The van der Waals surface area contributed by atoms with Crippen molar-refractivity contribution in [2.75, 3.05) is 11.9 Å². The molecule has 1 fully saturated rings. The van der Waals surface area contributed by atoms with Crippen LogP contribution in [-0.4, -0.2) is 13.0 Å². The number of hydrogen-bond donors (Lipinski definition) is 0. The van der Waals surface area contributed by atoms with Crippen LogP contribution in [0.15, 0.2) is 24.3 Å². The van der Waals surface area contributed by atoms with E-state index in [0.29, 0.717) is 0 Å². The molecule has 1 saturated carbocycles.